The van der Waals surface area contributed by atoms with Gasteiger partial charge in [-0.05, 0) is 39.8 Å². The highest BCUT2D eigenvalue weighted by molar-refractivity contribution is 6.13. The van der Waals surface area contributed by atoms with Gasteiger partial charge in [-0.25, -0.2) is 9.97 Å². The SMILES string of the molecule is CC1(C)c2ccccc2-c2ccc3c(c21)c1nc(-c2ccccc2)ncc1n3-c1cccc2ccccc12. The molecule has 0 amide bonds. The first kappa shape index (κ1) is 21.3. The summed E-state index contributed by atoms with van der Waals surface area (Å²) in [7, 11) is 0. The average molecular weight is 488 g/mol. The molecule has 0 aliphatic heterocycles. The minimum atomic E-state index is -0.152. The molecule has 2 heterocycles. The molecule has 3 nitrogen and oxygen atoms in total. The van der Waals surface area contributed by atoms with Gasteiger partial charge in [-0.2, -0.15) is 0 Å². The lowest BCUT2D eigenvalue weighted by Gasteiger charge is -2.22. The Morgan fingerprint density at radius 1 is 0.658 bits per heavy atom. The van der Waals surface area contributed by atoms with E-state index in [0.717, 1.165) is 33.6 Å². The zero-order valence-corrected chi connectivity index (χ0v) is 21.3. The second kappa shape index (κ2) is 7.62. The lowest BCUT2D eigenvalue weighted by atomic mass is 9.81. The zero-order valence-electron chi connectivity index (χ0n) is 21.3. The Balaban J connectivity index is 1.56. The molecular weight excluding hydrogens is 462 g/mol. The summed E-state index contributed by atoms with van der Waals surface area (Å²) in [6.07, 6.45) is 2.01. The van der Waals surface area contributed by atoms with Crippen LogP contribution < -0.4 is 0 Å². The van der Waals surface area contributed by atoms with E-state index in [1.807, 2.05) is 24.4 Å². The highest BCUT2D eigenvalue weighted by atomic mass is 15.0. The smallest absolute Gasteiger partial charge is 0.159 e. The monoisotopic (exact) mass is 487 g/mol. The fourth-order valence-electron chi connectivity index (χ4n) is 6.53. The number of hydrogen-bond acceptors (Lipinski definition) is 2. The van der Waals surface area contributed by atoms with E-state index in [9.17, 15) is 0 Å². The third kappa shape index (κ3) is 2.79. The first-order chi connectivity index (χ1) is 18.6. The average Bonchev–Trinajstić information content (AvgIpc) is 3.41. The molecule has 7 aromatic rings. The largest absolute Gasteiger partial charge is 0.306 e. The molecule has 0 saturated carbocycles. The van der Waals surface area contributed by atoms with Gasteiger partial charge in [0.05, 0.1) is 22.9 Å². The second-order valence-electron chi connectivity index (χ2n) is 10.7. The predicted octanol–water partition coefficient (Wildman–Crippen LogP) is 8.70. The summed E-state index contributed by atoms with van der Waals surface area (Å²) in [5.41, 5.74) is 10.5. The third-order valence-corrected chi connectivity index (χ3v) is 8.23. The number of hydrogen-bond donors (Lipinski definition) is 0. The van der Waals surface area contributed by atoms with E-state index in [0.29, 0.717) is 0 Å². The lowest BCUT2D eigenvalue weighted by Crippen LogP contribution is -2.15. The van der Waals surface area contributed by atoms with Gasteiger partial charge in [0.15, 0.2) is 5.82 Å². The quantitative estimate of drug-likeness (QED) is 0.244. The minimum Gasteiger partial charge on any atom is -0.306 e. The van der Waals surface area contributed by atoms with E-state index in [-0.39, 0.29) is 5.41 Å². The van der Waals surface area contributed by atoms with E-state index in [4.69, 9.17) is 9.97 Å². The topological polar surface area (TPSA) is 30.7 Å². The fraction of sp³-hybridized carbons (Fsp3) is 0.0857. The first-order valence-corrected chi connectivity index (χ1v) is 13.1. The number of rotatable bonds is 2. The Hall–Kier alpha value is -4.76. The summed E-state index contributed by atoms with van der Waals surface area (Å²) in [5.74, 6) is 0.751. The third-order valence-electron chi connectivity index (χ3n) is 8.23. The molecule has 1 aliphatic rings. The fourth-order valence-corrected chi connectivity index (χ4v) is 6.53. The zero-order chi connectivity index (χ0) is 25.4. The highest BCUT2D eigenvalue weighted by Gasteiger charge is 2.38. The maximum Gasteiger partial charge on any atom is 0.159 e. The van der Waals surface area contributed by atoms with Crippen molar-refractivity contribution in [3.63, 3.8) is 0 Å². The number of nitrogens with zero attached hydrogens (tertiary/aromatic N) is 3. The van der Waals surface area contributed by atoms with Crippen LogP contribution in [0, 0.1) is 0 Å². The Morgan fingerprint density at radius 3 is 2.32 bits per heavy atom. The summed E-state index contributed by atoms with van der Waals surface area (Å²) in [6.45, 7) is 4.69. The summed E-state index contributed by atoms with van der Waals surface area (Å²) in [5, 5.41) is 3.64. The van der Waals surface area contributed by atoms with Crippen molar-refractivity contribution in [3.05, 3.63) is 127 Å². The molecule has 5 aromatic carbocycles. The van der Waals surface area contributed by atoms with Crippen LogP contribution in [0.5, 0.6) is 0 Å². The Bertz CT molecular complexity index is 2040. The number of benzene rings is 5. The molecule has 0 spiro atoms. The van der Waals surface area contributed by atoms with Crippen molar-refractivity contribution in [1.82, 2.24) is 14.5 Å². The highest BCUT2D eigenvalue weighted by Crippen LogP contribution is 2.53. The van der Waals surface area contributed by atoms with Gasteiger partial charge in [0.1, 0.15) is 5.52 Å². The Kier molecular flexibility index (Phi) is 4.28. The van der Waals surface area contributed by atoms with E-state index in [1.54, 1.807) is 0 Å². The summed E-state index contributed by atoms with van der Waals surface area (Å²) in [4.78, 5) is 10.1. The first-order valence-electron chi connectivity index (χ1n) is 13.1. The molecule has 180 valence electrons. The van der Waals surface area contributed by atoms with Crippen molar-refractivity contribution in [2.24, 2.45) is 0 Å². The van der Waals surface area contributed by atoms with Gasteiger partial charge in [0.25, 0.3) is 0 Å². The summed E-state index contributed by atoms with van der Waals surface area (Å²) >= 11 is 0. The van der Waals surface area contributed by atoms with Crippen LogP contribution in [-0.4, -0.2) is 14.5 Å². The molecule has 1 aliphatic carbocycles. The molecule has 0 N–H and O–H groups in total. The van der Waals surface area contributed by atoms with Crippen LogP contribution in [0.3, 0.4) is 0 Å². The molecule has 0 unspecified atom stereocenters. The van der Waals surface area contributed by atoms with Crippen LogP contribution in [-0.2, 0) is 5.41 Å². The van der Waals surface area contributed by atoms with Crippen molar-refractivity contribution in [2.45, 2.75) is 19.3 Å². The van der Waals surface area contributed by atoms with Gasteiger partial charge in [-0.3, -0.25) is 0 Å². The summed E-state index contributed by atoms with van der Waals surface area (Å²) < 4.78 is 2.36. The molecule has 0 fully saturated rings. The van der Waals surface area contributed by atoms with Crippen molar-refractivity contribution in [3.8, 4) is 28.2 Å². The van der Waals surface area contributed by atoms with Gasteiger partial charge >= 0.3 is 0 Å². The van der Waals surface area contributed by atoms with Gasteiger partial charge < -0.3 is 4.57 Å². The van der Waals surface area contributed by atoms with Crippen LogP contribution in [0.2, 0.25) is 0 Å². The Morgan fingerprint density at radius 2 is 1.42 bits per heavy atom. The molecule has 0 radical (unpaired) electrons. The predicted molar refractivity (Wildman–Crippen MR) is 157 cm³/mol. The standard InChI is InChI=1S/C35H25N3/c1-35(2)27-17-9-8-16-25(27)26-19-20-29-31(32(26)35)33-30(21-36-34(37-33)23-12-4-3-5-13-23)38(29)28-18-10-14-22-11-6-7-15-24(22)28/h3-21H,1-2H3. The number of aromatic nitrogens is 3. The van der Waals surface area contributed by atoms with Crippen LogP contribution in [0.25, 0.3) is 60.9 Å². The second-order valence-corrected chi connectivity index (χ2v) is 10.7. The number of fused-ring (bicyclic) bond motifs is 8. The van der Waals surface area contributed by atoms with Crippen molar-refractivity contribution in [1.29, 1.82) is 0 Å². The van der Waals surface area contributed by atoms with E-state index in [2.05, 4.69) is 109 Å². The molecule has 8 rings (SSSR count). The van der Waals surface area contributed by atoms with Gasteiger partial charge in [0, 0.05) is 21.8 Å². The van der Waals surface area contributed by atoms with Gasteiger partial charge in [-0.1, -0.05) is 111 Å². The molecular formula is C35H25N3. The van der Waals surface area contributed by atoms with Crippen LogP contribution in [0.15, 0.2) is 115 Å². The van der Waals surface area contributed by atoms with Crippen molar-refractivity contribution < 1.29 is 0 Å². The van der Waals surface area contributed by atoms with Crippen LogP contribution in [0.4, 0.5) is 0 Å². The maximum atomic E-state index is 5.27. The molecule has 0 saturated heterocycles. The van der Waals surface area contributed by atoms with Gasteiger partial charge in [-0.15, -0.1) is 0 Å². The maximum absolute atomic E-state index is 5.27. The molecule has 3 heteroatoms. The van der Waals surface area contributed by atoms with Crippen molar-refractivity contribution >= 4 is 32.7 Å². The minimum absolute atomic E-state index is 0.152. The van der Waals surface area contributed by atoms with Crippen LogP contribution >= 0.6 is 0 Å². The van der Waals surface area contributed by atoms with E-state index in [1.165, 1.54) is 38.4 Å². The molecule has 0 atom stereocenters. The van der Waals surface area contributed by atoms with E-state index < -0.39 is 0 Å². The summed E-state index contributed by atoms with van der Waals surface area (Å²) in [6, 6.07) is 38.8. The molecule has 38 heavy (non-hydrogen) atoms. The van der Waals surface area contributed by atoms with Crippen LogP contribution in [0.1, 0.15) is 25.0 Å². The molecule has 0 bridgehead atoms. The Labute approximate surface area is 221 Å². The normalized spacial score (nSPS) is 13.7. The molecule has 2 aromatic heterocycles. The van der Waals surface area contributed by atoms with E-state index >= 15 is 0 Å². The lowest BCUT2D eigenvalue weighted by molar-refractivity contribution is 0.666. The van der Waals surface area contributed by atoms with Gasteiger partial charge in [0.2, 0.25) is 0 Å². The van der Waals surface area contributed by atoms with Crippen molar-refractivity contribution in [2.75, 3.05) is 0 Å².